The molecule has 1 aromatic heterocycles. The van der Waals surface area contributed by atoms with Crippen LogP contribution >= 0.6 is 0 Å². The van der Waals surface area contributed by atoms with E-state index in [0.29, 0.717) is 36.7 Å². The van der Waals surface area contributed by atoms with Crippen LogP contribution in [0.2, 0.25) is 0 Å². The van der Waals surface area contributed by atoms with E-state index in [9.17, 15) is 14.7 Å². The van der Waals surface area contributed by atoms with E-state index < -0.39 is 5.97 Å². The first-order chi connectivity index (χ1) is 14.9. The van der Waals surface area contributed by atoms with Crippen molar-refractivity contribution in [2.24, 2.45) is 5.92 Å². The Bertz CT molecular complexity index is 1050. The smallest absolute Gasteiger partial charge is 0.336 e. The zero-order valence-electron chi connectivity index (χ0n) is 18.3. The van der Waals surface area contributed by atoms with Gasteiger partial charge < -0.3 is 5.11 Å². The minimum atomic E-state index is -0.943. The standard InChI is InChI=1S/C25H29N3O3/c1-4-5-10-22(29)24-26-23(28(27-24)16-17(2)3)15-18-11-13-19(14-12-18)20-8-6-7-9-21(20)25(30)31/h6-9,11-14,17H,4-5,10,15-16H2,1-3H3,(H,30,31). The van der Waals surface area contributed by atoms with E-state index in [1.54, 1.807) is 12.1 Å². The molecule has 3 rings (SSSR count). The number of nitrogens with zero attached hydrogens (tertiary/aromatic N) is 3. The average molecular weight is 420 g/mol. The van der Waals surface area contributed by atoms with Gasteiger partial charge in [-0.2, -0.15) is 0 Å². The molecule has 0 fully saturated rings. The molecule has 1 N–H and O–H groups in total. The number of hydrogen-bond donors (Lipinski definition) is 1. The van der Waals surface area contributed by atoms with Crippen LogP contribution in [0.3, 0.4) is 0 Å². The van der Waals surface area contributed by atoms with Gasteiger partial charge in [-0.1, -0.05) is 69.7 Å². The molecule has 0 radical (unpaired) electrons. The molecule has 2 aromatic carbocycles. The van der Waals surface area contributed by atoms with Crippen LogP contribution in [0.15, 0.2) is 48.5 Å². The quantitative estimate of drug-likeness (QED) is 0.453. The Labute approximate surface area is 183 Å². The second-order valence-electron chi connectivity index (χ2n) is 8.18. The van der Waals surface area contributed by atoms with Crippen molar-refractivity contribution < 1.29 is 14.7 Å². The third-order valence-corrected chi connectivity index (χ3v) is 5.08. The fourth-order valence-electron chi connectivity index (χ4n) is 3.47. The fraction of sp³-hybridized carbons (Fsp3) is 0.360. The summed E-state index contributed by atoms with van der Waals surface area (Å²) in [6.45, 7) is 6.98. The van der Waals surface area contributed by atoms with E-state index in [1.807, 2.05) is 41.1 Å². The van der Waals surface area contributed by atoms with Crippen LogP contribution < -0.4 is 0 Å². The Morgan fingerprint density at radius 3 is 2.42 bits per heavy atom. The summed E-state index contributed by atoms with van der Waals surface area (Å²) in [4.78, 5) is 28.5. The van der Waals surface area contributed by atoms with E-state index >= 15 is 0 Å². The number of carboxylic acid groups (broad SMARTS) is 1. The molecule has 0 atom stereocenters. The van der Waals surface area contributed by atoms with E-state index in [2.05, 4.69) is 30.9 Å². The molecule has 0 aliphatic carbocycles. The van der Waals surface area contributed by atoms with Gasteiger partial charge in [-0.15, -0.1) is 5.10 Å². The van der Waals surface area contributed by atoms with Crippen LogP contribution in [0.5, 0.6) is 0 Å². The highest BCUT2D eigenvalue weighted by atomic mass is 16.4. The van der Waals surface area contributed by atoms with Gasteiger partial charge in [-0.05, 0) is 35.1 Å². The first kappa shape index (κ1) is 22.4. The zero-order valence-corrected chi connectivity index (χ0v) is 18.3. The first-order valence-electron chi connectivity index (χ1n) is 10.8. The first-order valence-corrected chi connectivity index (χ1v) is 10.8. The van der Waals surface area contributed by atoms with E-state index in [-0.39, 0.29) is 11.3 Å². The minimum Gasteiger partial charge on any atom is -0.478 e. The number of rotatable bonds is 10. The average Bonchev–Trinajstić information content (AvgIpc) is 3.14. The lowest BCUT2D eigenvalue weighted by atomic mass is 9.98. The molecule has 0 saturated heterocycles. The summed E-state index contributed by atoms with van der Waals surface area (Å²) in [5, 5.41) is 13.9. The van der Waals surface area contributed by atoms with Crippen LogP contribution in [0, 0.1) is 5.92 Å². The topological polar surface area (TPSA) is 85.1 Å². The highest BCUT2D eigenvalue weighted by molar-refractivity contribution is 5.96. The Hall–Kier alpha value is -3.28. The molecule has 6 heteroatoms. The van der Waals surface area contributed by atoms with E-state index in [0.717, 1.165) is 29.8 Å². The summed E-state index contributed by atoms with van der Waals surface area (Å²) >= 11 is 0. The van der Waals surface area contributed by atoms with Crippen LogP contribution in [0.1, 0.15) is 72.4 Å². The number of aromatic carboxylic acids is 1. The summed E-state index contributed by atoms with van der Waals surface area (Å²) in [7, 11) is 0. The van der Waals surface area contributed by atoms with E-state index in [4.69, 9.17) is 0 Å². The maximum Gasteiger partial charge on any atom is 0.336 e. The summed E-state index contributed by atoms with van der Waals surface area (Å²) in [6, 6.07) is 14.8. The number of Topliss-reactive ketones (excluding diaryl/α,β-unsaturated/α-hetero) is 1. The highest BCUT2D eigenvalue weighted by Crippen LogP contribution is 2.25. The number of carboxylic acids is 1. The van der Waals surface area contributed by atoms with Gasteiger partial charge in [-0.25, -0.2) is 14.5 Å². The highest BCUT2D eigenvalue weighted by Gasteiger charge is 2.17. The van der Waals surface area contributed by atoms with Crippen LogP contribution in [-0.4, -0.2) is 31.6 Å². The second kappa shape index (κ2) is 10.2. The monoisotopic (exact) mass is 419 g/mol. The van der Waals surface area contributed by atoms with Crippen LogP contribution in [0.25, 0.3) is 11.1 Å². The Kier molecular flexibility index (Phi) is 7.34. The number of unbranched alkanes of at least 4 members (excludes halogenated alkanes) is 1. The normalized spacial score (nSPS) is 11.1. The summed E-state index contributed by atoms with van der Waals surface area (Å²) in [5.41, 5.74) is 2.85. The van der Waals surface area contributed by atoms with Crippen molar-refractivity contribution in [1.82, 2.24) is 14.8 Å². The molecule has 162 valence electrons. The zero-order chi connectivity index (χ0) is 22.4. The molecule has 1 heterocycles. The van der Waals surface area contributed by atoms with Gasteiger partial charge in [0.05, 0.1) is 5.56 Å². The molecule has 6 nitrogen and oxygen atoms in total. The third-order valence-electron chi connectivity index (χ3n) is 5.08. The number of carbonyl (C=O) groups is 2. The van der Waals surface area contributed by atoms with Crippen molar-refractivity contribution in [3.63, 3.8) is 0 Å². The van der Waals surface area contributed by atoms with E-state index in [1.165, 1.54) is 0 Å². The molecule has 0 amide bonds. The molecule has 31 heavy (non-hydrogen) atoms. The van der Waals surface area contributed by atoms with Gasteiger partial charge >= 0.3 is 5.97 Å². The second-order valence-corrected chi connectivity index (χ2v) is 8.18. The number of aromatic nitrogens is 3. The molecule has 0 spiro atoms. The predicted molar refractivity (Wildman–Crippen MR) is 120 cm³/mol. The number of benzene rings is 2. The van der Waals surface area contributed by atoms with Gasteiger partial charge in [-0.3, -0.25) is 4.79 Å². The minimum absolute atomic E-state index is 0.00812. The maximum absolute atomic E-state index is 12.4. The maximum atomic E-state index is 12.4. The summed E-state index contributed by atoms with van der Waals surface area (Å²) < 4.78 is 1.84. The molecule has 0 unspecified atom stereocenters. The lowest BCUT2D eigenvalue weighted by Gasteiger charge is -2.10. The molecular formula is C25H29N3O3. The third kappa shape index (κ3) is 5.66. The number of carbonyl (C=O) groups excluding carboxylic acids is 1. The van der Waals surface area contributed by atoms with Crippen molar-refractivity contribution in [2.45, 2.75) is 53.0 Å². The molecule has 0 bridgehead atoms. The molecule has 3 aromatic rings. The fourth-order valence-corrected chi connectivity index (χ4v) is 3.47. The lowest BCUT2D eigenvalue weighted by molar-refractivity contribution is 0.0697. The SMILES string of the molecule is CCCCC(=O)c1nc(Cc2ccc(-c3ccccc3C(=O)O)cc2)n(CC(C)C)n1. The van der Waals surface area contributed by atoms with Crippen LogP contribution in [0.4, 0.5) is 0 Å². The van der Waals surface area contributed by atoms with Gasteiger partial charge in [0.25, 0.3) is 0 Å². The molecule has 0 aliphatic heterocycles. The van der Waals surface area contributed by atoms with Crippen molar-refractivity contribution in [2.75, 3.05) is 0 Å². The van der Waals surface area contributed by atoms with Gasteiger partial charge in [0.2, 0.25) is 11.6 Å². The van der Waals surface area contributed by atoms with Crippen LogP contribution in [-0.2, 0) is 13.0 Å². The molecule has 0 saturated carbocycles. The Morgan fingerprint density at radius 2 is 1.77 bits per heavy atom. The summed E-state index contributed by atoms with van der Waals surface area (Å²) in [6.07, 6.45) is 2.83. The molecule has 0 aliphatic rings. The lowest BCUT2D eigenvalue weighted by Crippen LogP contribution is -2.11. The molecular weight excluding hydrogens is 390 g/mol. The number of hydrogen-bond acceptors (Lipinski definition) is 4. The Balaban J connectivity index is 1.84. The largest absolute Gasteiger partial charge is 0.478 e. The Morgan fingerprint density at radius 1 is 1.06 bits per heavy atom. The van der Waals surface area contributed by atoms with Crippen molar-refractivity contribution in [3.05, 3.63) is 71.3 Å². The van der Waals surface area contributed by atoms with Crippen molar-refractivity contribution in [1.29, 1.82) is 0 Å². The van der Waals surface area contributed by atoms with Gasteiger partial charge in [0.1, 0.15) is 5.82 Å². The van der Waals surface area contributed by atoms with Crippen molar-refractivity contribution >= 4 is 11.8 Å². The predicted octanol–water partition coefficient (Wildman–Crippen LogP) is 5.26. The number of ketones is 1. The van der Waals surface area contributed by atoms with Gasteiger partial charge in [0.15, 0.2) is 0 Å². The van der Waals surface area contributed by atoms with Crippen molar-refractivity contribution in [3.8, 4) is 11.1 Å². The van der Waals surface area contributed by atoms with Gasteiger partial charge in [0, 0.05) is 19.4 Å². The summed E-state index contributed by atoms with van der Waals surface area (Å²) in [5.74, 6) is 0.505.